The smallest absolute Gasteiger partial charge is 0.0406 e. The largest absolute Gasteiger partial charge is 0.124 e. The lowest BCUT2D eigenvalue weighted by atomic mass is 10.2. The van der Waals surface area contributed by atoms with Crippen molar-refractivity contribution in [3.63, 3.8) is 0 Å². The van der Waals surface area contributed by atoms with Gasteiger partial charge in [-0.2, -0.15) is 0 Å². The lowest BCUT2D eigenvalue weighted by Gasteiger charge is -1.90. The van der Waals surface area contributed by atoms with Gasteiger partial charge in [0, 0.05) is 5.02 Å². The Bertz CT molecular complexity index is 378. The fraction of sp³-hybridized carbons (Fsp3) is 0.364. The summed E-state index contributed by atoms with van der Waals surface area (Å²) in [5.41, 5.74) is 3.90. The Morgan fingerprint density at radius 2 is 0.826 bits per heavy atom. The van der Waals surface area contributed by atoms with Gasteiger partial charge in [0.15, 0.2) is 0 Å². The normalized spacial score (nSPS) is 7.57. The maximum Gasteiger partial charge on any atom is 0.0406 e. The van der Waals surface area contributed by atoms with Gasteiger partial charge in [-0.3, -0.25) is 0 Å². The van der Waals surface area contributed by atoms with Crippen molar-refractivity contribution in [3.8, 4) is 12.8 Å². The molecule has 2 aromatic rings. The molecule has 0 atom stereocenters. The molecule has 2 aromatic carbocycles. The van der Waals surface area contributed by atoms with E-state index >= 15 is 0 Å². The van der Waals surface area contributed by atoms with Gasteiger partial charge in [0.05, 0.1) is 0 Å². The van der Waals surface area contributed by atoms with Crippen LogP contribution >= 0.6 is 11.6 Å². The predicted octanol–water partition coefficient (Wildman–Crippen LogP) is 7.64. The molecule has 0 aliphatic heterocycles. The Balaban J connectivity index is -0.000000252. The van der Waals surface area contributed by atoms with Crippen molar-refractivity contribution < 1.29 is 0 Å². The molecule has 23 heavy (non-hydrogen) atoms. The summed E-state index contributed by atoms with van der Waals surface area (Å²) in [5, 5.41) is 0.801. The van der Waals surface area contributed by atoms with Crippen molar-refractivity contribution in [2.75, 3.05) is 0 Å². The summed E-state index contributed by atoms with van der Waals surface area (Å²) in [5.74, 6) is 0. The minimum Gasteiger partial charge on any atom is -0.124 e. The number of hydrogen-bond acceptors (Lipinski definition) is 0. The lowest BCUT2D eigenvalue weighted by molar-refractivity contribution is 1.09. The average molecular weight is 333 g/mol. The molecule has 0 heterocycles. The van der Waals surface area contributed by atoms with E-state index in [1.165, 1.54) is 23.1 Å². The second-order valence-corrected chi connectivity index (χ2v) is 5.09. The third-order valence-electron chi connectivity index (χ3n) is 2.23. The second-order valence-electron chi connectivity index (χ2n) is 4.66. The summed E-state index contributed by atoms with van der Waals surface area (Å²) in [6.45, 7) is 14.5. The number of benzene rings is 2. The number of terminal acetylenes is 1. The lowest BCUT2D eigenvalue weighted by Crippen LogP contribution is -1.70. The minimum atomic E-state index is 0.801. The molecule has 0 aromatic heterocycles. The van der Waals surface area contributed by atoms with Gasteiger partial charge in [-0.15, -0.1) is 12.8 Å². The number of aryl methyl sites for hydroxylation is 3. The molecule has 0 unspecified atom stereocenters. The van der Waals surface area contributed by atoms with Crippen LogP contribution in [0.25, 0.3) is 0 Å². The summed E-state index contributed by atoms with van der Waals surface area (Å²) in [6, 6.07) is 16.2. The van der Waals surface area contributed by atoms with Crippen molar-refractivity contribution >= 4 is 11.6 Å². The highest BCUT2D eigenvalue weighted by atomic mass is 35.5. The van der Waals surface area contributed by atoms with Gasteiger partial charge < -0.3 is 0 Å². The van der Waals surface area contributed by atoms with Crippen LogP contribution in [0, 0.1) is 33.6 Å². The van der Waals surface area contributed by atoms with E-state index in [9.17, 15) is 0 Å². The van der Waals surface area contributed by atoms with E-state index in [2.05, 4.69) is 64.8 Å². The zero-order chi connectivity index (χ0) is 18.7. The zero-order valence-corrected chi connectivity index (χ0v) is 16.6. The molecule has 0 nitrogen and oxygen atoms in total. The minimum absolute atomic E-state index is 0.801. The summed E-state index contributed by atoms with van der Waals surface area (Å²) in [7, 11) is 0. The van der Waals surface area contributed by atoms with Crippen LogP contribution in [0.2, 0.25) is 5.02 Å². The fourth-order valence-electron chi connectivity index (χ4n) is 1.17. The standard InChI is InChI=1S/C8H10.C7H7Cl.C3H8.C2H6.C2H2/c1-7-3-5-8(2)6-4-7;1-6-2-4-7(8)5-3-6;1-3-2;2*1-2/h3-6H,1-2H3;2-5H,1H3;3H2,1-2H3;1-2H3;1-2H. The third kappa shape index (κ3) is 20.3. The van der Waals surface area contributed by atoms with Crippen molar-refractivity contribution in [1.29, 1.82) is 0 Å². The van der Waals surface area contributed by atoms with Crippen LogP contribution in [0.1, 0.15) is 50.8 Å². The van der Waals surface area contributed by atoms with Crippen molar-refractivity contribution in [3.05, 3.63) is 70.2 Å². The first-order valence-corrected chi connectivity index (χ1v) is 8.46. The summed E-state index contributed by atoms with van der Waals surface area (Å²) in [4.78, 5) is 0. The van der Waals surface area contributed by atoms with Crippen LogP contribution in [-0.4, -0.2) is 0 Å². The molecule has 0 aliphatic rings. The zero-order valence-electron chi connectivity index (χ0n) is 15.9. The Kier molecular flexibility index (Phi) is 23.1. The van der Waals surface area contributed by atoms with E-state index in [0.717, 1.165) is 5.02 Å². The molecule has 0 amide bonds. The topological polar surface area (TPSA) is 0 Å². The van der Waals surface area contributed by atoms with Gasteiger partial charge in [0.2, 0.25) is 0 Å². The molecule has 0 N–H and O–H groups in total. The number of hydrogen-bond donors (Lipinski definition) is 0. The first kappa shape index (κ1) is 26.2. The molecule has 2 rings (SSSR count). The molecule has 128 valence electrons. The average Bonchev–Trinajstić information content (AvgIpc) is 2.58. The third-order valence-corrected chi connectivity index (χ3v) is 2.48. The van der Waals surface area contributed by atoms with Gasteiger partial charge in [0.25, 0.3) is 0 Å². The van der Waals surface area contributed by atoms with E-state index in [1.54, 1.807) is 0 Å². The Labute approximate surface area is 149 Å². The first-order valence-electron chi connectivity index (χ1n) is 8.08. The highest BCUT2D eigenvalue weighted by Gasteiger charge is 1.82. The molecular formula is C22H33Cl. The maximum atomic E-state index is 5.61. The maximum absolute atomic E-state index is 5.61. The van der Waals surface area contributed by atoms with Gasteiger partial charge >= 0.3 is 0 Å². The number of halogens is 1. The predicted molar refractivity (Wildman–Crippen MR) is 109 cm³/mol. The summed E-state index contributed by atoms with van der Waals surface area (Å²) in [6.07, 6.45) is 9.25. The van der Waals surface area contributed by atoms with Crippen LogP contribution in [-0.2, 0) is 0 Å². The van der Waals surface area contributed by atoms with Gasteiger partial charge in [0.1, 0.15) is 0 Å². The van der Waals surface area contributed by atoms with Gasteiger partial charge in [-0.05, 0) is 32.9 Å². The molecule has 0 aliphatic carbocycles. The molecule has 1 heteroatoms. The number of rotatable bonds is 0. The molecular weight excluding hydrogens is 300 g/mol. The van der Waals surface area contributed by atoms with E-state index < -0.39 is 0 Å². The summed E-state index contributed by atoms with van der Waals surface area (Å²) < 4.78 is 0. The summed E-state index contributed by atoms with van der Waals surface area (Å²) >= 11 is 5.61. The Morgan fingerprint density at radius 1 is 0.652 bits per heavy atom. The van der Waals surface area contributed by atoms with Crippen molar-refractivity contribution in [2.24, 2.45) is 0 Å². The fourth-order valence-corrected chi connectivity index (χ4v) is 1.30. The van der Waals surface area contributed by atoms with Gasteiger partial charge in [-0.25, -0.2) is 0 Å². The molecule has 0 spiro atoms. The highest BCUT2D eigenvalue weighted by molar-refractivity contribution is 6.30. The molecule has 0 bridgehead atoms. The molecule has 0 saturated carbocycles. The van der Waals surface area contributed by atoms with Crippen molar-refractivity contribution in [2.45, 2.75) is 54.9 Å². The van der Waals surface area contributed by atoms with Gasteiger partial charge in [-0.1, -0.05) is 98.8 Å². The van der Waals surface area contributed by atoms with Crippen LogP contribution in [0.3, 0.4) is 0 Å². The van der Waals surface area contributed by atoms with Crippen LogP contribution < -0.4 is 0 Å². The van der Waals surface area contributed by atoms with E-state index in [-0.39, 0.29) is 0 Å². The van der Waals surface area contributed by atoms with Crippen LogP contribution in [0.5, 0.6) is 0 Å². The molecule has 0 radical (unpaired) electrons. The molecule has 0 saturated heterocycles. The van der Waals surface area contributed by atoms with Crippen LogP contribution in [0.4, 0.5) is 0 Å². The SMILES string of the molecule is C#C.CC.CCC.Cc1ccc(C)cc1.Cc1ccc(Cl)cc1. The van der Waals surface area contributed by atoms with E-state index in [0.29, 0.717) is 0 Å². The Hall–Kier alpha value is -1.71. The van der Waals surface area contributed by atoms with Crippen LogP contribution in [0.15, 0.2) is 48.5 Å². The quantitative estimate of drug-likeness (QED) is 0.435. The first-order chi connectivity index (χ1) is 11.0. The van der Waals surface area contributed by atoms with Crippen molar-refractivity contribution in [1.82, 2.24) is 0 Å². The van der Waals surface area contributed by atoms with E-state index in [4.69, 9.17) is 11.6 Å². The second kappa shape index (κ2) is 20.3. The van der Waals surface area contributed by atoms with E-state index in [1.807, 2.05) is 45.0 Å². The highest BCUT2D eigenvalue weighted by Crippen LogP contribution is 2.07. The molecule has 0 fully saturated rings. The Morgan fingerprint density at radius 3 is 1.00 bits per heavy atom. The monoisotopic (exact) mass is 332 g/mol.